The van der Waals surface area contributed by atoms with Gasteiger partial charge >= 0.3 is 0 Å². The number of piperidine rings is 1. The Labute approximate surface area is 91.8 Å². The van der Waals surface area contributed by atoms with Crippen LogP contribution in [0.25, 0.3) is 0 Å². The van der Waals surface area contributed by atoms with Crippen molar-refractivity contribution in [3.8, 4) is 0 Å². The first-order chi connectivity index (χ1) is 7.27. The number of nitrogens with two attached hydrogens (primary N) is 1. The number of carbonyl (C=O) groups excluding carboxylic acids is 1. The fraction of sp³-hybridized carbons (Fsp3) is 0.909. The molecule has 0 bridgehead atoms. The fourth-order valence-corrected chi connectivity index (χ4v) is 2.07. The van der Waals surface area contributed by atoms with Gasteiger partial charge < -0.3 is 15.4 Å². The maximum atomic E-state index is 11.7. The van der Waals surface area contributed by atoms with Crippen molar-refractivity contribution in [1.29, 1.82) is 0 Å². The minimum Gasteiger partial charge on any atom is -0.384 e. The molecule has 1 fully saturated rings. The summed E-state index contributed by atoms with van der Waals surface area (Å²) in [5.41, 5.74) is 5.39. The first kappa shape index (κ1) is 12.5. The third kappa shape index (κ3) is 4.18. The first-order valence-electron chi connectivity index (χ1n) is 5.74. The quantitative estimate of drug-likeness (QED) is 0.729. The van der Waals surface area contributed by atoms with Crippen LogP contribution in [0.2, 0.25) is 0 Å². The number of methoxy groups -OCH3 is 1. The van der Waals surface area contributed by atoms with E-state index in [2.05, 4.69) is 0 Å². The minimum absolute atomic E-state index is 0.251. The predicted octanol–water partition coefficient (Wildman–Crippen LogP) is 0.610. The smallest absolute Gasteiger partial charge is 0.222 e. The Morgan fingerprint density at radius 2 is 2.40 bits per heavy atom. The Bertz CT molecular complexity index is 195. The van der Waals surface area contributed by atoms with Crippen molar-refractivity contribution in [3.63, 3.8) is 0 Å². The van der Waals surface area contributed by atoms with Gasteiger partial charge in [-0.15, -0.1) is 0 Å². The molecule has 1 atom stereocenters. The molecule has 15 heavy (non-hydrogen) atoms. The van der Waals surface area contributed by atoms with Crippen LogP contribution in [0.5, 0.6) is 0 Å². The van der Waals surface area contributed by atoms with E-state index in [0.29, 0.717) is 18.9 Å². The van der Waals surface area contributed by atoms with Crippen LogP contribution in [0.15, 0.2) is 0 Å². The molecule has 1 aliphatic heterocycles. The number of nitrogens with zero attached hydrogens (tertiary/aromatic N) is 1. The third-order valence-electron chi connectivity index (χ3n) is 2.87. The highest BCUT2D eigenvalue weighted by Gasteiger charge is 2.22. The van der Waals surface area contributed by atoms with E-state index in [1.165, 1.54) is 6.42 Å². The van der Waals surface area contributed by atoms with Crippen LogP contribution in [-0.2, 0) is 9.53 Å². The molecule has 0 saturated carbocycles. The Morgan fingerprint density at radius 1 is 1.60 bits per heavy atom. The van der Waals surface area contributed by atoms with Crippen LogP contribution in [0.3, 0.4) is 0 Å². The molecule has 4 nitrogen and oxygen atoms in total. The van der Waals surface area contributed by atoms with E-state index < -0.39 is 0 Å². The lowest BCUT2D eigenvalue weighted by Crippen LogP contribution is -2.41. The summed E-state index contributed by atoms with van der Waals surface area (Å²) < 4.78 is 5.13. The van der Waals surface area contributed by atoms with Crippen LogP contribution in [-0.4, -0.2) is 44.2 Å². The number of rotatable bonds is 5. The summed E-state index contributed by atoms with van der Waals surface area (Å²) >= 11 is 0. The van der Waals surface area contributed by atoms with E-state index in [4.69, 9.17) is 10.5 Å². The molecule has 0 aromatic heterocycles. The van der Waals surface area contributed by atoms with Gasteiger partial charge in [0, 0.05) is 26.6 Å². The molecule has 0 aromatic rings. The van der Waals surface area contributed by atoms with Crippen molar-refractivity contribution in [2.75, 3.05) is 33.4 Å². The molecule has 2 N–H and O–H groups in total. The minimum atomic E-state index is 0.251. The van der Waals surface area contributed by atoms with Gasteiger partial charge in [-0.3, -0.25) is 4.79 Å². The van der Waals surface area contributed by atoms with Gasteiger partial charge in [-0.25, -0.2) is 0 Å². The van der Waals surface area contributed by atoms with E-state index in [0.717, 1.165) is 32.5 Å². The molecule has 0 spiro atoms. The summed E-state index contributed by atoms with van der Waals surface area (Å²) in [7, 11) is 1.72. The third-order valence-corrected chi connectivity index (χ3v) is 2.87. The topological polar surface area (TPSA) is 55.6 Å². The summed E-state index contributed by atoms with van der Waals surface area (Å²) in [5.74, 6) is 0.770. The van der Waals surface area contributed by atoms with Gasteiger partial charge in [0.15, 0.2) is 0 Å². The Morgan fingerprint density at radius 3 is 3.07 bits per heavy atom. The van der Waals surface area contributed by atoms with Gasteiger partial charge in [-0.2, -0.15) is 0 Å². The first-order valence-corrected chi connectivity index (χ1v) is 5.74. The predicted molar refractivity (Wildman–Crippen MR) is 59.5 cm³/mol. The molecule has 4 heteroatoms. The van der Waals surface area contributed by atoms with Crippen LogP contribution < -0.4 is 5.73 Å². The number of amides is 1. The van der Waals surface area contributed by atoms with E-state index >= 15 is 0 Å². The largest absolute Gasteiger partial charge is 0.384 e. The summed E-state index contributed by atoms with van der Waals surface area (Å²) in [6, 6.07) is 0. The van der Waals surface area contributed by atoms with Crippen molar-refractivity contribution in [2.45, 2.75) is 25.7 Å². The van der Waals surface area contributed by atoms with Crippen LogP contribution >= 0.6 is 0 Å². The highest BCUT2D eigenvalue weighted by molar-refractivity contribution is 5.76. The molecule has 1 unspecified atom stereocenters. The second-order valence-corrected chi connectivity index (χ2v) is 4.20. The Balaban J connectivity index is 2.31. The maximum Gasteiger partial charge on any atom is 0.222 e. The van der Waals surface area contributed by atoms with E-state index in [-0.39, 0.29) is 5.91 Å². The number of likely N-dealkylation sites (tertiary alicyclic amines) is 1. The SMILES string of the molecule is COCC1CCCN(C(=O)CCCN)C1. The van der Waals surface area contributed by atoms with E-state index in [1.807, 2.05) is 4.90 Å². The summed E-state index contributed by atoms with van der Waals surface area (Å²) in [5, 5.41) is 0. The zero-order valence-electron chi connectivity index (χ0n) is 9.58. The second-order valence-electron chi connectivity index (χ2n) is 4.20. The number of hydrogen-bond donors (Lipinski definition) is 1. The molecular formula is C11H22N2O2. The zero-order valence-corrected chi connectivity index (χ0v) is 9.58. The molecular weight excluding hydrogens is 192 g/mol. The average molecular weight is 214 g/mol. The van der Waals surface area contributed by atoms with E-state index in [1.54, 1.807) is 7.11 Å². The van der Waals surface area contributed by atoms with Gasteiger partial charge in [0.2, 0.25) is 5.91 Å². The Kier molecular flexibility index (Phi) is 5.65. The highest BCUT2D eigenvalue weighted by Crippen LogP contribution is 2.17. The van der Waals surface area contributed by atoms with Gasteiger partial charge in [-0.1, -0.05) is 0 Å². The lowest BCUT2D eigenvalue weighted by atomic mass is 9.98. The number of carbonyl (C=O) groups is 1. The molecule has 0 aliphatic carbocycles. The van der Waals surface area contributed by atoms with Crippen molar-refractivity contribution in [3.05, 3.63) is 0 Å². The molecule has 1 saturated heterocycles. The lowest BCUT2D eigenvalue weighted by molar-refractivity contribution is -0.133. The molecule has 1 rings (SSSR count). The maximum absolute atomic E-state index is 11.7. The van der Waals surface area contributed by atoms with Crippen LogP contribution in [0, 0.1) is 5.92 Å². The molecule has 1 amide bonds. The molecule has 1 aliphatic rings. The van der Waals surface area contributed by atoms with Crippen LogP contribution in [0.1, 0.15) is 25.7 Å². The average Bonchev–Trinajstić information content (AvgIpc) is 2.27. The molecule has 0 aromatic carbocycles. The molecule has 88 valence electrons. The van der Waals surface area contributed by atoms with Crippen molar-refractivity contribution >= 4 is 5.91 Å². The molecule has 1 heterocycles. The van der Waals surface area contributed by atoms with Gasteiger partial charge in [0.05, 0.1) is 6.61 Å². The fourth-order valence-electron chi connectivity index (χ4n) is 2.07. The summed E-state index contributed by atoms with van der Waals surface area (Å²) in [4.78, 5) is 13.7. The van der Waals surface area contributed by atoms with Crippen molar-refractivity contribution in [1.82, 2.24) is 4.90 Å². The number of hydrogen-bond acceptors (Lipinski definition) is 3. The second kappa shape index (κ2) is 6.80. The molecule has 0 radical (unpaired) electrons. The summed E-state index contributed by atoms with van der Waals surface area (Å²) in [6.07, 6.45) is 3.66. The Hall–Kier alpha value is -0.610. The van der Waals surface area contributed by atoms with Gasteiger partial charge in [0.25, 0.3) is 0 Å². The summed E-state index contributed by atoms with van der Waals surface area (Å²) in [6.45, 7) is 3.13. The van der Waals surface area contributed by atoms with Crippen molar-refractivity contribution in [2.24, 2.45) is 11.7 Å². The van der Waals surface area contributed by atoms with Gasteiger partial charge in [0.1, 0.15) is 0 Å². The van der Waals surface area contributed by atoms with Crippen molar-refractivity contribution < 1.29 is 9.53 Å². The highest BCUT2D eigenvalue weighted by atomic mass is 16.5. The van der Waals surface area contributed by atoms with E-state index in [9.17, 15) is 4.79 Å². The lowest BCUT2D eigenvalue weighted by Gasteiger charge is -2.32. The monoisotopic (exact) mass is 214 g/mol. The standard InChI is InChI=1S/C11H22N2O2/c1-15-9-10-4-3-7-13(8-10)11(14)5-2-6-12/h10H,2-9,12H2,1H3. The van der Waals surface area contributed by atoms with Gasteiger partial charge in [-0.05, 0) is 31.7 Å². The zero-order chi connectivity index (χ0) is 11.1. The normalized spacial score (nSPS) is 21.7. The number of ether oxygens (including phenoxy) is 1. The van der Waals surface area contributed by atoms with Crippen LogP contribution in [0.4, 0.5) is 0 Å².